The minimum atomic E-state index is -4.19. The van der Waals surface area contributed by atoms with Crippen LogP contribution in [0.2, 0.25) is 10.0 Å². The minimum absolute atomic E-state index is 0.0349. The molecule has 136 valence electrons. The Balaban J connectivity index is 2.15. The van der Waals surface area contributed by atoms with Gasteiger partial charge in [-0.15, -0.1) is 0 Å². The van der Waals surface area contributed by atoms with Crippen LogP contribution in [0.4, 0.5) is 11.4 Å². The number of anilines is 2. The van der Waals surface area contributed by atoms with Gasteiger partial charge in [0, 0.05) is 5.02 Å². The van der Waals surface area contributed by atoms with Gasteiger partial charge in [0.05, 0.1) is 16.4 Å². The molecule has 0 bridgehead atoms. The first kappa shape index (κ1) is 18.5. The van der Waals surface area contributed by atoms with E-state index in [1.807, 2.05) is 0 Å². The zero-order chi connectivity index (χ0) is 19.1. The third kappa shape index (κ3) is 3.23. The number of para-hydroxylation sites is 2. The number of sulfonamides is 1. The van der Waals surface area contributed by atoms with E-state index in [4.69, 9.17) is 28.3 Å². The lowest BCUT2D eigenvalue weighted by atomic mass is 10.2. The van der Waals surface area contributed by atoms with Crippen molar-refractivity contribution in [2.75, 3.05) is 22.3 Å². The van der Waals surface area contributed by atoms with Gasteiger partial charge in [0.1, 0.15) is 18.0 Å². The molecule has 7 nitrogen and oxygen atoms in total. The van der Waals surface area contributed by atoms with Crippen molar-refractivity contribution in [3.05, 3.63) is 52.5 Å². The van der Waals surface area contributed by atoms with Crippen molar-refractivity contribution < 1.29 is 23.1 Å². The zero-order valence-corrected chi connectivity index (χ0v) is 15.4. The van der Waals surface area contributed by atoms with Crippen molar-refractivity contribution in [3.8, 4) is 0 Å². The first-order valence-corrected chi connectivity index (χ1v) is 9.50. The maximum atomic E-state index is 13.1. The molecule has 10 heteroatoms. The molecule has 26 heavy (non-hydrogen) atoms. The summed E-state index contributed by atoms with van der Waals surface area (Å²) in [5.74, 6) is -1.87. The van der Waals surface area contributed by atoms with Gasteiger partial charge in [-0.1, -0.05) is 35.3 Å². The fourth-order valence-corrected chi connectivity index (χ4v) is 4.82. The fraction of sp³-hybridized carbons (Fsp3) is 0.125. The summed E-state index contributed by atoms with van der Waals surface area (Å²) in [7, 11) is -4.19. The van der Waals surface area contributed by atoms with E-state index in [2.05, 4.69) is 0 Å². The predicted octanol–water partition coefficient (Wildman–Crippen LogP) is 2.62. The van der Waals surface area contributed by atoms with Crippen molar-refractivity contribution in [3.63, 3.8) is 0 Å². The van der Waals surface area contributed by atoms with Gasteiger partial charge >= 0.3 is 5.97 Å². The Kier molecular flexibility index (Phi) is 4.83. The Labute approximate surface area is 159 Å². The van der Waals surface area contributed by atoms with Crippen LogP contribution < -0.4 is 9.21 Å². The lowest BCUT2D eigenvalue weighted by Crippen LogP contribution is -2.49. The largest absolute Gasteiger partial charge is 0.480 e. The molecule has 3 rings (SSSR count). The molecule has 1 aliphatic heterocycles. The smallest absolute Gasteiger partial charge is 0.323 e. The number of carbonyl (C=O) groups is 2. The Morgan fingerprint density at radius 2 is 1.77 bits per heavy atom. The molecule has 0 unspecified atom stereocenters. The van der Waals surface area contributed by atoms with Gasteiger partial charge in [0.25, 0.3) is 10.0 Å². The second-order valence-corrected chi connectivity index (χ2v) is 8.12. The van der Waals surface area contributed by atoms with Crippen molar-refractivity contribution >= 4 is 56.5 Å². The average molecular weight is 415 g/mol. The quantitative estimate of drug-likeness (QED) is 0.829. The first-order valence-electron chi connectivity index (χ1n) is 7.31. The number of fused-ring (bicyclic) bond motifs is 1. The van der Waals surface area contributed by atoms with Gasteiger partial charge in [-0.25, -0.2) is 8.42 Å². The maximum Gasteiger partial charge on any atom is 0.323 e. The van der Waals surface area contributed by atoms with Gasteiger partial charge in [-0.3, -0.25) is 18.8 Å². The topological polar surface area (TPSA) is 95.0 Å². The molecule has 2 aromatic rings. The van der Waals surface area contributed by atoms with Crippen LogP contribution in [-0.2, 0) is 19.6 Å². The van der Waals surface area contributed by atoms with Gasteiger partial charge in [0.15, 0.2) is 0 Å². The number of carboxylic acids is 1. The van der Waals surface area contributed by atoms with E-state index in [9.17, 15) is 18.0 Å². The molecule has 0 saturated heterocycles. The molecule has 0 atom stereocenters. The van der Waals surface area contributed by atoms with Gasteiger partial charge in [0.2, 0.25) is 5.91 Å². The number of halogens is 2. The Morgan fingerprint density at radius 1 is 1.12 bits per heavy atom. The molecule has 1 aliphatic rings. The van der Waals surface area contributed by atoms with E-state index >= 15 is 0 Å². The molecule has 1 heterocycles. The number of carboxylic acid groups (broad SMARTS) is 1. The number of carbonyl (C=O) groups excluding carboxylic acids is 1. The van der Waals surface area contributed by atoms with Gasteiger partial charge < -0.3 is 5.11 Å². The molecule has 2 aromatic carbocycles. The van der Waals surface area contributed by atoms with E-state index in [-0.39, 0.29) is 26.3 Å². The SMILES string of the molecule is O=C(O)CN1C(=O)CN(S(=O)(=O)c2cc(Cl)ccc2Cl)c2ccccc21. The summed E-state index contributed by atoms with van der Waals surface area (Å²) in [6, 6.07) is 10.2. The van der Waals surface area contributed by atoms with E-state index in [1.54, 1.807) is 12.1 Å². The number of aliphatic carboxylic acids is 1. The first-order chi connectivity index (χ1) is 12.2. The van der Waals surface area contributed by atoms with Crippen LogP contribution in [0.25, 0.3) is 0 Å². The molecular formula is C16H12Cl2N2O5S. The van der Waals surface area contributed by atoms with Crippen molar-refractivity contribution in [2.45, 2.75) is 4.90 Å². The summed E-state index contributed by atoms with van der Waals surface area (Å²) < 4.78 is 27.1. The van der Waals surface area contributed by atoms with Crippen LogP contribution >= 0.6 is 23.2 Å². The van der Waals surface area contributed by atoms with Crippen LogP contribution in [0.1, 0.15) is 0 Å². The summed E-state index contributed by atoms with van der Waals surface area (Å²) in [4.78, 5) is 24.3. The van der Waals surface area contributed by atoms with Crippen LogP contribution in [0.5, 0.6) is 0 Å². The maximum absolute atomic E-state index is 13.1. The summed E-state index contributed by atoms with van der Waals surface area (Å²) in [5, 5.41) is 9.16. The molecule has 0 aliphatic carbocycles. The van der Waals surface area contributed by atoms with E-state index in [0.717, 1.165) is 9.21 Å². The monoisotopic (exact) mass is 414 g/mol. The molecule has 0 fully saturated rings. The molecule has 0 aromatic heterocycles. The molecule has 0 radical (unpaired) electrons. The number of benzene rings is 2. The highest BCUT2D eigenvalue weighted by Crippen LogP contribution is 2.38. The third-order valence-electron chi connectivity index (χ3n) is 3.78. The normalized spacial score (nSPS) is 14.3. The zero-order valence-electron chi connectivity index (χ0n) is 13.1. The Bertz CT molecular complexity index is 1010. The van der Waals surface area contributed by atoms with Gasteiger partial charge in [-0.05, 0) is 30.3 Å². The lowest BCUT2D eigenvalue weighted by molar-refractivity contribution is -0.136. The summed E-state index contributed by atoms with van der Waals surface area (Å²) in [6.45, 7) is -1.11. The van der Waals surface area contributed by atoms with Crippen molar-refractivity contribution in [2.24, 2.45) is 0 Å². The number of hydrogen-bond donors (Lipinski definition) is 1. The van der Waals surface area contributed by atoms with Crippen LogP contribution in [0.15, 0.2) is 47.4 Å². The average Bonchev–Trinajstić information content (AvgIpc) is 2.58. The van der Waals surface area contributed by atoms with E-state index in [0.29, 0.717) is 0 Å². The third-order valence-corrected chi connectivity index (χ3v) is 6.25. The van der Waals surface area contributed by atoms with Crippen molar-refractivity contribution in [1.82, 2.24) is 0 Å². The summed E-state index contributed by atoms with van der Waals surface area (Å²) in [6.07, 6.45) is 0. The summed E-state index contributed by atoms with van der Waals surface area (Å²) in [5.41, 5.74) is 0.372. The summed E-state index contributed by atoms with van der Waals surface area (Å²) >= 11 is 11.9. The molecule has 0 spiro atoms. The predicted molar refractivity (Wildman–Crippen MR) is 97.4 cm³/mol. The highest BCUT2D eigenvalue weighted by atomic mass is 35.5. The Hall–Kier alpha value is -2.29. The fourth-order valence-electron chi connectivity index (χ4n) is 2.65. The van der Waals surface area contributed by atoms with Crippen LogP contribution in [0.3, 0.4) is 0 Å². The minimum Gasteiger partial charge on any atom is -0.480 e. The van der Waals surface area contributed by atoms with E-state index < -0.39 is 35.0 Å². The molecular weight excluding hydrogens is 403 g/mol. The van der Waals surface area contributed by atoms with Crippen molar-refractivity contribution in [1.29, 1.82) is 0 Å². The number of rotatable bonds is 4. The Morgan fingerprint density at radius 3 is 2.42 bits per heavy atom. The molecule has 0 saturated carbocycles. The van der Waals surface area contributed by atoms with E-state index in [1.165, 1.54) is 30.3 Å². The standard InChI is InChI=1S/C16H12Cl2N2O5S/c17-10-5-6-11(18)14(7-10)26(24,25)20-8-15(21)19(9-16(22)23)12-3-1-2-4-13(12)20/h1-7H,8-9H2,(H,22,23). The van der Waals surface area contributed by atoms with Crippen LogP contribution in [-0.4, -0.2) is 38.5 Å². The molecule has 1 amide bonds. The number of nitrogens with zero attached hydrogens (tertiary/aromatic N) is 2. The highest BCUT2D eigenvalue weighted by Gasteiger charge is 2.37. The number of hydrogen-bond acceptors (Lipinski definition) is 4. The molecule has 1 N–H and O–H groups in total. The van der Waals surface area contributed by atoms with Crippen LogP contribution in [0, 0.1) is 0 Å². The second kappa shape index (κ2) is 6.79. The number of amides is 1. The second-order valence-electron chi connectivity index (χ2n) is 5.45. The van der Waals surface area contributed by atoms with Gasteiger partial charge in [-0.2, -0.15) is 0 Å². The highest BCUT2D eigenvalue weighted by molar-refractivity contribution is 7.93. The lowest BCUT2D eigenvalue weighted by Gasteiger charge is -2.35.